The smallest absolute Gasteiger partial charge is 0.274 e. The largest absolute Gasteiger partial charge is 0.351 e. The van der Waals surface area contributed by atoms with E-state index in [0.29, 0.717) is 6.54 Å². The predicted molar refractivity (Wildman–Crippen MR) is 90.0 cm³/mol. The number of aryl methyl sites for hydroxylation is 1. The van der Waals surface area contributed by atoms with Gasteiger partial charge in [0.25, 0.3) is 5.82 Å². The van der Waals surface area contributed by atoms with Crippen molar-refractivity contribution in [3.63, 3.8) is 0 Å². The number of hydrogen-bond donors (Lipinski definition) is 1. The highest BCUT2D eigenvalue weighted by Gasteiger charge is 2.28. The van der Waals surface area contributed by atoms with Gasteiger partial charge in [-0.2, -0.15) is 0 Å². The summed E-state index contributed by atoms with van der Waals surface area (Å²) < 4.78 is 2.09. The van der Waals surface area contributed by atoms with E-state index in [1.165, 1.54) is 4.90 Å². The van der Waals surface area contributed by atoms with Crippen LogP contribution in [0.25, 0.3) is 0 Å². The normalized spacial score (nSPS) is 15.9. The monoisotopic (exact) mass is 314 g/mol. The van der Waals surface area contributed by atoms with Crippen molar-refractivity contribution in [2.75, 3.05) is 37.6 Å². The molecule has 2 N–H and O–H groups in total. The third kappa shape index (κ3) is 3.29. The molecule has 0 radical (unpaired) electrons. The molecule has 2 aromatic heterocycles. The Balaban J connectivity index is 1.58. The Kier molecular flexibility index (Phi) is 4.48. The van der Waals surface area contributed by atoms with Gasteiger partial charge in [0.15, 0.2) is 0 Å². The van der Waals surface area contributed by atoms with E-state index < -0.39 is 0 Å². The maximum absolute atomic E-state index is 12.6. The van der Waals surface area contributed by atoms with Gasteiger partial charge in [0.1, 0.15) is 32.7 Å². The highest BCUT2D eigenvalue weighted by Crippen LogP contribution is 2.13. The van der Waals surface area contributed by atoms with Gasteiger partial charge in [-0.1, -0.05) is 6.07 Å². The Labute approximate surface area is 137 Å². The molecule has 0 aliphatic carbocycles. The molecule has 0 bridgehead atoms. The number of Topliss-reactive ketones (excluding diaryl/α,β-unsaturated/α-hetero) is 1. The summed E-state index contributed by atoms with van der Waals surface area (Å²) in [5, 5.41) is 0. The van der Waals surface area contributed by atoms with Crippen molar-refractivity contribution in [1.82, 2.24) is 4.57 Å². The number of piperazine rings is 1. The second kappa shape index (κ2) is 6.54. The van der Waals surface area contributed by atoms with Crippen LogP contribution in [0, 0.1) is 13.8 Å². The lowest BCUT2D eigenvalue weighted by Gasteiger charge is -2.27. The predicted octanol–water partition coefficient (Wildman–Crippen LogP) is 0.0438. The maximum Gasteiger partial charge on any atom is 0.274 e. The Morgan fingerprint density at radius 3 is 2.57 bits per heavy atom. The van der Waals surface area contributed by atoms with Crippen molar-refractivity contribution in [2.45, 2.75) is 13.8 Å². The van der Waals surface area contributed by atoms with Gasteiger partial charge in [0, 0.05) is 30.1 Å². The van der Waals surface area contributed by atoms with Crippen LogP contribution in [0.2, 0.25) is 0 Å². The second-order valence-electron chi connectivity index (χ2n) is 6.43. The molecule has 1 fully saturated rings. The average molecular weight is 314 g/mol. The molecule has 5 heteroatoms. The zero-order valence-electron chi connectivity index (χ0n) is 14.2. The number of aromatic amines is 1. The maximum atomic E-state index is 12.6. The average Bonchev–Trinajstić information content (AvgIpc) is 2.84. The van der Waals surface area contributed by atoms with Gasteiger partial charge in [-0.05, 0) is 26.0 Å². The van der Waals surface area contributed by atoms with Crippen LogP contribution in [0.1, 0.15) is 21.7 Å². The molecule has 3 heterocycles. The number of pyridine rings is 1. The van der Waals surface area contributed by atoms with E-state index in [1.54, 1.807) is 0 Å². The van der Waals surface area contributed by atoms with Crippen molar-refractivity contribution < 1.29 is 14.7 Å². The van der Waals surface area contributed by atoms with Crippen LogP contribution in [-0.2, 0) is 7.05 Å². The van der Waals surface area contributed by atoms with Crippen LogP contribution in [0.3, 0.4) is 0 Å². The van der Waals surface area contributed by atoms with Gasteiger partial charge in [-0.3, -0.25) is 9.69 Å². The molecule has 0 unspecified atom stereocenters. The molecule has 1 aliphatic rings. The molecule has 0 aromatic carbocycles. The van der Waals surface area contributed by atoms with E-state index >= 15 is 0 Å². The van der Waals surface area contributed by atoms with Gasteiger partial charge < -0.3 is 9.47 Å². The number of quaternary nitrogens is 1. The highest BCUT2D eigenvalue weighted by molar-refractivity contribution is 5.98. The second-order valence-corrected chi connectivity index (χ2v) is 6.43. The zero-order valence-corrected chi connectivity index (χ0v) is 14.2. The van der Waals surface area contributed by atoms with Crippen LogP contribution in [0.15, 0.2) is 30.5 Å². The summed E-state index contributed by atoms with van der Waals surface area (Å²) in [6.07, 6.45) is 1.96. The Morgan fingerprint density at radius 2 is 2.00 bits per heavy atom. The number of nitrogens with one attached hydrogen (secondary N) is 2. The SMILES string of the molecule is Cc1cc(C(=O)C[NH+]2CCN(c3cccc[nH+]3)CC2)c(C)n1C. The van der Waals surface area contributed by atoms with Crippen LogP contribution in [0.4, 0.5) is 5.82 Å². The van der Waals surface area contributed by atoms with Crippen LogP contribution >= 0.6 is 0 Å². The van der Waals surface area contributed by atoms with E-state index in [4.69, 9.17) is 0 Å². The van der Waals surface area contributed by atoms with Gasteiger partial charge >= 0.3 is 0 Å². The molecular weight excluding hydrogens is 288 g/mol. The number of carbonyl (C=O) groups is 1. The first-order chi connectivity index (χ1) is 11.1. The zero-order chi connectivity index (χ0) is 16.4. The minimum absolute atomic E-state index is 0.265. The Bertz CT molecular complexity index is 685. The summed E-state index contributed by atoms with van der Waals surface area (Å²) in [6, 6.07) is 8.17. The number of nitrogens with zero attached hydrogens (tertiary/aromatic N) is 2. The van der Waals surface area contributed by atoms with Gasteiger partial charge in [-0.25, -0.2) is 4.98 Å². The Hall–Kier alpha value is -2.14. The minimum atomic E-state index is 0.265. The van der Waals surface area contributed by atoms with Crippen molar-refractivity contribution in [1.29, 1.82) is 0 Å². The quantitative estimate of drug-likeness (QED) is 0.810. The molecule has 122 valence electrons. The molecular formula is C18H26N4O+2. The fourth-order valence-electron chi connectivity index (χ4n) is 3.28. The number of ketones is 1. The summed E-state index contributed by atoms with van der Waals surface area (Å²) in [7, 11) is 2.02. The molecule has 5 nitrogen and oxygen atoms in total. The molecule has 0 spiro atoms. The van der Waals surface area contributed by atoms with Crippen molar-refractivity contribution in [3.05, 3.63) is 47.4 Å². The first-order valence-corrected chi connectivity index (χ1v) is 8.27. The molecule has 0 atom stereocenters. The number of hydrogen-bond acceptors (Lipinski definition) is 2. The molecule has 0 saturated carbocycles. The fourth-order valence-corrected chi connectivity index (χ4v) is 3.28. The summed E-state index contributed by atoms with van der Waals surface area (Å²) >= 11 is 0. The number of rotatable bonds is 4. The van der Waals surface area contributed by atoms with Crippen LogP contribution in [-0.4, -0.2) is 43.1 Å². The van der Waals surface area contributed by atoms with Crippen LogP contribution in [0.5, 0.6) is 0 Å². The lowest BCUT2D eigenvalue weighted by atomic mass is 10.1. The number of carbonyl (C=O) groups excluding carboxylic acids is 1. The van der Waals surface area contributed by atoms with E-state index in [9.17, 15) is 4.79 Å². The van der Waals surface area contributed by atoms with Gasteiger partial charge in [0.05, 0.1) is 6.20 Å². The van der Waals surface area contributed by atoms with Gasteiger partial charge in [-0.15, -0.1) is 0 Å². The third-order valence-electron chi connectivity index (χ3n) is 4.99. The van der Waals surface area contributed by atoms with Crippen molar-refractivity contribution >= 4 is 11.6 Å². The summed E-state index contributed by atoms with van der Waals surface area (Å²) in [4.78, 5) is 19.6. The fraction of sp³-hybridized carbons (Fsp3) is 0.444. The summed E-state index contributed by atoms with van der Waals surface area (Å²) in [5.41, 5.74) is 3.10. The minimum Gasteiger partial charge on any atom is -0.351 e. The lowest BCUT2D eigenvalue weighted by molar-refractivity contribution is -0.892. The molecule has 1 aliphatic heterocycles. The molecule has 2 aromatic rings. The Morgan fingerprint density at radius 1 is 1.26 bits per heavy atom. The third-order valence-corrected chi connectivity index (χ3v) is 4.99. The number of aromatic nitrogens is 2. The molecule has 23 heavy (non-hydrogen) atoms. The number of anilines is 1. The van der Waals surface area contributed by atoms with Crippen molar-refractivity contribution in [3.8, 4) is 0 Å². The molecule has 3 rings (SSSR count). The van der Waals surface area contributed by atoms with E-state index in [2.05, 4.69) is 26.6 Å². The first-order valence-electron chi connectivity index (χ1n) is 8.27. The van der Waals surface area contributed by atoms with Gasteiger partial charge in [0.2, 0.25) is 5.78 Å². The molecule has 0 amide bonds. The summed E-state index contributed by atoms with van der Waals surface area (Å²) in [6.45, 7) is 8.63. The van der Waals surface area contributed by atoms with E-state index in [0.717, 1.165) is 48.9 Å². The standard InChI is InChI=1S/C18H24N4O/c1-14-12-16(15(2)20(14)3)17(23)13-21-8-10-22(11-9-21)18-6-4-5-7-19-18/h4-7,12H,8-11,13H2,1-3H3/p+2. The van der Waals surface area contributed by atoms with Crippen LogP contribution < -0.4 is 14.8 Å². The number of H-pyrrole nitrogens is 1. The van der Waals surface area contributed by atoms with E-state index in [-0.39, 0.29) is 5.78 Å². The van der Waals surface area contributed by atoms with Crippen molar-refractivity contribution in [2.24, 2.45) is 7.05 Å². The first kappa shape index (κ1) is 15.7. The van der Waals surface area contributed by atoms with E-state index in [1.807, 2.05) is 39.2 Å². The summed E-state index contributed by atoms with van der Waals surface area (Å²) in [5.74, 6) is 1.42. The topological polar surface area (TPSA) is 43.8 Å². The highest BCUT2D eigenvalue weighted by atomic mass is 16.1. The lowest BCUT2D eigenvalue weighted by Crippen LogP contribution is -3.15. The molecule has 1 saturated heterocycles.